The first-order valence-electron chi connectivity index (χ1n) is 14.9. The molecule has 3 heterocycles. The first-order chi connectivity index (χ1) is 20.1. The van der Waals surface area contributed by atoms with Crippen molar-refractivity contribution in [3.05, 3.63) is 76.2 Å². The van der Waals surface area contributed by atoms with Crippen LogP contribution in [-0.2, 0) is 30.2 Å². The maximum absolute atomic E-state index is 13.8. The van der Waals surface area contributed by atoms with Crippen LogP contribution in [-0.4, -0.2) is 42.7 Å². The Morgan fingerprint density at radius 2 is 1.90 bits per heavy atom. The summed E-state index contributed by atoms with van der Waals surface area (Å²) in [4.78, 5) is 33.7. The number of oxazole rings is 1. The van der Waals surface area contributed by atoms with Gasteiger partial charge >= 0.3 is 6.18 Å². The summed E-state index contributed by atoms with van der Waals surface area (Å²) in [6.45, 7) is 6.80. The lowest BCUT2D eigenvalue weighted by molar-refractivity contribution is -0.141. The van der Waals surface area contributed by atoms with E-state index in [9.17, 15) is 22.8 Å². The van der Waals surface area contributed by atoms with Gasteiger partial charge in [-0.3, -0.25) is 9.59 Å². The first-order valence-corrected chi connectivity index (χ1v) is 14.9. The number of aryl methyl sites for hydroxylation is 1. The fourth-order valence-corrected chi connectivity index (χ4v) is 6.53. The normalized spacial score (nSPS) is 21.9. The average Bonchev–Trinajstić information content (AvgIpc) is 3.37. The topological polar surface area (TPSA) is 66.7 Å². The van der Waals surface area contributed by atoms with Gasteiger partial charge in [-0.1, -0.05) is 43.3 Å². The van der Waals surface area contributed by atoms with Gasteiger partial charge < -0.3 is 14.2 Å². The number of rotatable bonds is 9. The largest absolute Gasteiger partial charge is 0.437 e. The molecule has 3 aromatic rings. The van der Waals surface area contributed by atoms with E-state index in [2.05, 4.69) is 9.88 Å². The molecule has 1 aliphatic carbocycles. The van der Waals surface area contributed by atoms with Crippen LogP contribution in [0.2, 0.25) is 0 Å². The summed E-state index contributed by atoms with van der Waals surface area (Å²) in [6, 6.07) is 13.5. The number of halogens is 3. The monoisotopic (exact) mass is 579 g/mol. The Labute approximate surface area is 243 Å². The van der Waals surface area contributed by atoms with Crippen LogP contribution in [0.15, 0.2) is 46.9 Å². The zero-order chi connectivity index (χ0) is 29.6. The van der Waals surface area contributed by atoms with Crippen molar-refractivity contribution >= 4 is 23.3 Å². The van der Waals surface area contributed by atoms with Gasteiger partial charge in [-0.2, -0.15) is 18.2 Å². The highest BCUT2D eigenvalue weighted by Crippen LogP contribution is 2.43. The number of carbonyl (C=O) groups excluding carboxylic acids is 2. The van der Waals surface area contributed by atoms with Gasteiger partial charge in [-0.25, -0.2) is 0 Å². The number of nitrogens with zero attached hydrogens (tertiary/aromatic N) is 3. The van der Waals surface area contributed by atoms with Gasteiger partial charge in [-0.15, -0.1) is 0 Å². The molecule has 0 radical (unpaired) electrons. The lowest BCUT2D eigenvalue weighted by atomic mass is 10.0. The lowest BCUT2D eigenvalue weighted by Crippen LogP contribution is -2.34. The number of Topliss-reactive ketones (excluding diaryl/α,β-unsaturated/α-hetero) is 2. The van der Waals surface area contributed by atoms with E-state index >= 15 is 0 Å². The Hall–Kier alpha value is -3.62. The summed E-state index contributed by atoms with van der Waals surface area (Å²) >= 11 is 0. The molecule has 222 valence electrons. The Bertz CT molecular complexity index is 1500. The van der Waals surface area contributed by atoms with Crippen molar-refractivity contribution in [3.63, 3.8) is 0 Å². The Kier molecular flexibility index (Phi) is 7.62. The molecule has 6 rings (SSSR count). The third kappa shape index (κ3) is 5.96. The highest BCUT2D eigenvalue weighted by Gasteiger charge is 2.44. The molecule has 1 aromatic heterocycles. The molecule has 0 spiro atoms. The molecule has 0 amide bonds. The Balaban J connectivity index is 1.10. The van der Waals surface area contributed by atoms with Gasteiger partial charge in [0.1, 0.15) is 5.78 Å². The molecule has 1 saturated heterocycles. The van der Waals surface area contributed by atoms with E-state index in [0.717, 1.165) is 61.2 Å². The number of hydrogen-bond donors (Lipinski definition) is 0. The third-order valence-electron chi connectivity index (χ3n) is 8.98. The van der Waals surface area contributed by atoms with Crippen molar-refractivity contribution in [3.8, 4) is 0 Å². The van der Waals surface area contributed by atoms with Crippen LogP contribution in [0.1, 0.15) is 64.7 Å². The number of fused-ring (bicyclic) bond motifs is 1. The van der Waals surface area contributed by atoms with Gasteiger partial charge in [0.25, 0.3) is 6.01 Å². The summed E-state index contributed by atoms with van der Waals surface area (Å²) in [5, 5.41) is 0. The van der Waals surface area contributed by atoms with Crippen molar-refractivity contribution in [1.29, 1.82) is 0 Å². The lowest BCUT2D eigenvalue weighted by Gasteiger charge is -2.29. The maximum Gasteiger partial charge on any atom is 0.437 e. The van der Waals surface area contributed by atoms with Crippen LogP contribution >= 0.6 is 0 Å². The molecular weight excluding hydrogens is 543 g/mol. The summed E-state index contributed by atoms with van der Waals surface area (Å²) in [5.74, 6) is -0.408. The van der Waals surface area contributed by atoms with Crippen molar-refractivity contribution in [1.82, 2.24) is 4.98 Å². The highest BCUT2D eigenvalue weighted by molar-refractivity contribution is 5.96. The van der Waals surface area contributed by atoms with E-state index in [0.29, 0.717) is 42.7 Å². The molecule has 3 unspecified atom stereocenters. The molecule has 42 heavy (non-hydrogen) atoms. The summed E-state index contributed by atoms with van der Waals surface area (Å²) < 4.78 is 47.0. The average molecular weight is 580 g/mol. The fourth-order valence-electron chi connectivity index (χ4n) is 6.53. The minimum atomic E-state index is -4.78. The molecule has 3 aliphatic rings. The second-order valence-electron chi connectivity index (χ2n) is 12.3. The van der Waals surface area contributed by atoms with Crippen LogP contribution in [0, 0.1) is 24.7 Å². The van der Waals surface area contributed by atoms with E-state index in [1.165, 1.54) is 0 Å². The molecule has 6 nitrogen and oxygen atoms in total. The quantitative estimate of drug-likeness (QED) is 0.271. The molecule has 3 atom stereocenters. The Morgan fingerprint density at radius 3 is 2.67 bits per heavy atom. The summed E-state index contributed by atoms with van der Waals surface area (Å²) in [7, 11) is 0. The van der Waals surface area contributed by atoms with E-state index in [1.807, 2.05) is 50.2 Å². The minimum absolute atomic E-state index is 0.0910. The van der Waals surface area contributed by atoms with Crippen molar-refractivity contribution in [2.75, 3.05) is 36.0 Å². The molecular formula is C33H36F3N3O3. The number of aromatic nitrogens is 1. The Morgan fingerprint density at radius 1 is 1.10 bits per heavy atom. The van der Waals surface area contributed by atoms with Crippen LogP contribution in [0.3, 0.4) is 0 Å². The SMILES string of the molecule is Cc1ccccc1CC(=O)C1CC1CN1CCc2cc(CC(=O)c3oc(N4CCCC(C)C4)nc3C(F)(F)F)ccc21. The first kappa shape index (κ1) is 28.5. The van der Waals surface area contributed by atoms with Gasteiger partial charge in [0.05, 0.1) is 0 Å². The second-order valence-corrected chi connectivity index (χ2v) is 12.3. The van der Waals surface area contributed by atoms with Crippen LogP contribution < -0.4 is 9.80 Å². The van der Waals surface area contributed by atoms with Crippen molar-refractivity contribution < 1.29 is 27.2 Å². The number of piperidine rings is 1. The van der Waals surface area contributed by atoms with Crippen molar-refractivity contribution in [2.45, 2.75) is 58.5 Å². The molecule has 0 N–H and O–H groups in total. The van der Waals surface area contributed by atoms with Gasteiger partial charge in [0, 0.05) is 50.6 Å². The zero-order valence-corrected chi connectivity index (χ0v) is 24.0. The third-order valence-corrected chi connectivity index (χ3v) is 8.98. The van der Waals surface area contributed by atoms with Crippen LogP contribution in [0.4, 0.5) is 24.9 Å². The molecule has 0 bridgehead atoms. The van der Waals surface area contributed by atoms with E-state index in [-0.39, 0.29) is 18.4 Å². The molecule has 1 saturated carbocycles. The number of ketones is 2. The number of carbonyl (C=O) groups is 2. The molecule has 2 aliphatic heterocycles. The zero-order valence-electron chi connectivity index (χ0n) is 24.0. The van der Waals surface area contributed by atoms with E-state index in [1.54, 1.807) is 11.0 Å². The fraction of sp³-hybridized carbons (Fsp3) is 0.485. The number of anilines is 2. The smallest absolute Gasteiger partial charge is 0.420 e. The van der Waals surface area contributed by atoms with E-state index < -0.39 is 23.4 Å². The molecule has 2 aromatic carbocycles. The second kappa shape index (κ2) is 11.2. The van der Waals surface area contributed by atoms with Crippen LogP contribution in [0.5, 0.6) is 0 Å². The number of alkyl halides is 3. The van der Waals surface area contributed by atoms with E-state index in [4.69, 9.17) is 4.42 Å². The van der Waals surface area contributed by atoms with Gasteiger partial charge in [-0.05, 0) is 72.8 Å². The van der Waals surface area contributed by atoms with Gasteiger partial charge in [0.2, 0.25) is 11.5 Å². The molecule has 2 fully saturated rings. The van der Waals surface area contributed by atoms with Crippen molar-refractivity contribution in [2.24, 2.45) is 17.8 Å². The standard InChI is InChI=1S/C33H36F3N3O3/c1-20-6-5-12-39(18-20)32-37-31(33(34,35)36)30(42-32)29(41)15-22-9-10-27-24(14-22)11-13-38(27)19-25-16-26(25)28(40)17-23-8-4-3-7-21(23)2/h3-4,7-10,14,20,25-26H,5-6,11-13,15-19H2,1-2H3. The summed E-state index contributed by atoms with van der Waals surface area (Å²) in [5.41, 5.74) is 3.77. The minimum Gasteiger partial charge on any atom is -0.420 e. The highest BCUT2D eigenvalue weighted by atomic mass is 19.4. The predicted molar refractivity (Wildman–Crippen MR) is 154 cm³/mol. The maximum atomic E-state index is 13.8. The van der Waals surface area contributed by atoms with Gasteiger partial charge in [0.15, 0.2) is 5.69 Å². The number of hydrogen-bond acceptors (Lipinski definition) is 6. The molecule has 9 heteroatoms. The predicted octanol–water partition coefficient (Wildman–Crippen LogP) is 6.47. The van der Waals surface area contributed by atoms with Crippen LogP contribution in [0.25, 0.3) is 0 Å². The number of benzene rings is 2. The summed E-state index contributed by atoms with van der Waals surface area (Å²) in [6.07, 6.45) is -0.973.